The number of Topliss-reactive ketones (excluding diaryl/α,β-unsaturated/α-hetero) is 1. The fraction of sp³-hybridized carbons (Fsp3) is 0.217. The summed E-state index contributed by atoms with van der Waals surface area (Å²) in [7, 11) is 7.87. The van der Waals surface area contributed by atoms with Crippen molar-refractivity contribution in [1.82, 2.24) is 0 Å². The average Bonchev–Trinajstić information content (AvgIpc) is 2.65. The zero-order valence-corrected chi connectivity index (χ0v) is 16.3. The van der Waals surface area contributed by atoms with E-state index in [4.69, 9.17) is 0 Å². The Balaban J connectivity index is 1.87. The van der Waals surface area contributed by atoms with Gasteiger partial charge in [-0.05, 0) is 48.0 Å². The van der Waals surface area contributed by atoms with E-state index in [1.54, 1.807) is 24.3 Å². The Bertz CT molecular complexity index is 830. The molecule has 2 rings (SSSR count). The molecule has 0 bridgehead atoms. The van der Waals surface area contributed by atoms with Crippen LogP contribution in [0.15, 0.2) is 66.8 Å². The molecule has 0 heterocycles. The number of anilines is 2. The van der Waals surface area contributed by atoms with Gasteiger partial charge in [0.25, 0.3) is 0 Å². The summed E-state index contributed by atoms with van der Waals surface area (Å²) >= 11 is 0. The highest BCUT2D eigenvalue weighted by Gasteiger charge is 2.09. The maximum Gasteiger partial charge on any atom is 0.170 e. The summed E-state index contributed by atoms with van der Waals surface area (Å²) in [5.74, 6) is -0.373. The third-order valence-corrected chi connectivity index (χ3v) is 4.13. The van der Waals surface area contributed by atoms with Crippen molar-refractivity contribution in [2.24, 2.45) is 0 Å². The number of nitrogens with zero attached hydrogens (tertiary/aromatic N) is 2. The summed E-state index contributed by atoms with van der Waals surface area (Å²) in [6.45, 7) is 0. The van der Waals surface area contributed by atoms with Crippen LogP contribution in [0.3, 0.4) is 0 Å². The summed E-state index contributed by atoms with van der Waals surface area (Å²) in [6.07, 6.45) is 6.72. The van der Waals surface area contributed by atoms with Gasteiger partial charge in [-0.3, -0.25) is 9.59 Å². The first-order valence-corrected chi connectivity index (χ1v) is 8.82. The lowest BCUT2D eigenvalue weighted by atomic mass is 10.1. The highest BCUT2D eigenvalue weighted by atomic mass is 16.1. The molecule has 4 heteroatoms. The molecule has 0 aliphatic carbocycles. The molecule has 0 spiro atoms. The molecule has 0 aromatic heterocycles. The molecule has 0 atom stereocenters. The molecule has 0 fully saturated rings. The Morgan fingerprint density at radius 3 is 1.81 bits per heavy atom. The molecule has 0 aliphatic heterocycles. The monoisotopic (exact) mass is 362 g/mol. The summed E-state index contributed by atoms with van der Waals surface area (Å²) in [5, 5.41) is 0. The smallest absolute Gasteiger partial charge is 0.170 e. The summed E-state index contributed by atoms with van der Waals surface area (Å²) in [5.41, 5.74) is 3.75. The van der Waals surface area contributed by atoms with Crippen molar-refractivity contribution in [3.05, 3.63) is 77.9 Å². The second-order valence-electron chi connectivity index (χ2n) is 6.71. The van der Waals surface area contributed by atoms with Crippen LogP contribution in [-0.2, 0) is 4.79 Å². The number of carbonyl (C=O) groups is 2. The first-order valence-electron chi connectivity index (χ1n) is 8.82. The fourth-order valence-corrected chi connectivity index (χ4v) is 2.48. The number of benzene rings is 2. The molecule has 140 valence electrons. The maximum absolute atomic E-state index is 12.2. The Hall–Kier alpha value is -3.14. The van der Waals surface area contributed by atoms with Crippen molar-refractivity contribution < 1.29 is 9.59 Å². The van der Waals surface area contributed by atoms with Crippen molar-refractivity contribution in [2.45, 2.75) is 6.42 Å². The first kappa shape index (κ1) is 20.2. The lowest BCUT2D eigenvalue weighted by Crippen LogP contribution is -2.09. The van der Waals surface area contributed by atoms with Crippen LogP contribution >= 0.6 is 0 Å². The van der Waals surface area contributed by atoms with Gasteiger partial charge in [0.1, 0.15) is 0 Å². The lowest BCUT2D eigenvalue weighted by Gasteiger charge is -2.12. The Morgan fingerprint density at radius 2 is 1.30 bits per heavy atom. The van der Waals surface area contributed by atoms with Gasteiger partial charge in [-0.15, -0.1) is 0 Å². The van der Waals surface area contributed by atoms with Gasteiger partial charge in [0.05, 0.1) is 6.42 Å². The third kappa shape index (κ3) is 6.26. The zero-order chi connectivity index (χ0) is 19.8. The van der Waals surface area contributed by atoms with Gasteiger partial charge in [-0.25, -0.2) is 0 Å². The SMILES string of the molecule is CN(C)c1ccc(/C=C/C=C/C(=O)CC(=O)c2ccc(N(C)C)cc2)cc1. The van der Waals surface area contributed by atoms with Crippen molar-refractivity contribution in [2.75, 3.05) is 38.0 Å². The van der Waals surface area contributed by atoms with Crippen LogP contribution < -0.4 is 9.80 Å². The highest BCUT2D eigenvalue weighted by molar-refractivity contribution is 6.11. The molecule has 0 radical (unpaired) electrons. The van der Waals surface area contributed by atoms with E-state index in [0.717, 1.165) is 16.9 Å². The zero-order valence-electron chi connectivity index (χ0n) is 16.3. The van der Waals surface area contributed by atoms with Crippen molar-refractivity contribution in [3.63, 3.8) is 0 Å². The van der Waals surface area contributed by atoms with Gasteiger partial charge in [-0.2, -0.15) is 0 Å². The Kier molecular flexibility index (Phi) is 7.12. The molecule has 0 saturated carbocycles. The second-order valence-corrected chi connectivity index (χ2v) is 6.71. The minimum absolute atomic E-state index is 0.122. The molecule has 2 aromatic carbocycles. The van der Waals surface area contributed by atoms with Crippen LogP contribution in [0.4, 0.5) is 11.4 Å². The van der Waals surface area contributed by atoms with E-state index in [1.165, 1.54) is 6.08 Å². The molecule has 0 unspecified atom stereocenters. The number of carbonyl (C=O) groups excluding carboxylic acids is 2. The van der Waals surface area contributed by atoms with Gasteiger partial charge in [0.2, 0.25) is 0 Å². The Labute approximate surface area is 161 Å². The predicted octanol–water partition coefficient (Wildman–Crippen LogP) is 4.23. The molecule has 0 N–H and O–H groups in total. The second kappa shape index (κ2) is 9.53. The van der Waals surface area contributed by atoms with Gasteiger partial charge in [0, 0.05) is 45.1 Å². The number of rotatable bonds is 8. The van der Waals surface area contributed by atoms with Gasteiger partial charge in [0.15, 0.2) is 11.6 Å². The standard InChI is InChI=1S/C23H26N2O2/c1-24(2)20-13-9-18(10-14-20)7-5-6-8-22(26)17-23(27)19-11-15-21(16-12-19)25(3)4/h5-16H,17H2,1-4H3/b7-5+,8-6+. The van der Waals surface area contributed by atoms with E-state index in [1.807, 2.05) is 80.5 Å². The number of hydrogen-bond donors (Lipinski definition) is 0. The van der Waals surface area contributed by atoms with Crippen LogP contribution in [-0.4, -0.2) is 39.8 Å². The molecule has 0 saturated heterocycles. The van der Waals surface area contributed by atoms with E-state index in [-0.39, 0.29) is 18.0 Å². The van der Waals surface area contributed by atoms with E-state index in [0.29, 0.717) is 5.56 Å². The predicted molar refractivity (Wildman–Crippen MR) is 114 cm³/mol. The molecule has 0 aliphatic rings. The summed E-state index contributed by atoms with van der Waals surface area (Å²) in [6, 6.07) is 15.4. The molecule has 27 heavy (non-hydrogen) atoms. The molecule has 4 nitrogen and oxygen atoms in total. The van der Waals surface area contributed by atoms with E-state index in [2.05, 4.69) is 0 Å². The van der Waals surface area contributed by atoms with Crippen LogP contribution in [0.5, 0.6) is 0 Å². The fourth-order valence-electron chi connectivity index (χ4n) is 2.48. The van der Waals surface area contributed by atoms with Crippen molar-refractivity contribution >= 4 is 29.0 Å². The molecular weight excluding hydrogens is 336 g/mol. The normalized spacial score (nSPS) is 11.1. The number of ketones is 2. The van der Waals surface area contributed by atoms with Crippen molar-refractivity contribution in [1.29, 1.82) is 0 Å². The van der Waals surface area contributed by atoms with E-state index < -0.39 is 0 Å². The number of allylic oxidation sites excluding steroid dienone is 3. The average molecular weight is 362 g/mol. The van der Waals surface area contributed by atoms with Gasteiger partial charge in [-0.1, -0.05) is 30.4 Å². The molecular formula is C23H26N2O2. The molecule has 0 amide bonds. The molecule has 2 aromatic rings. The van der Waals surface area contributed by atoms with E-state index in [9.17, 15) is 9.59 Å². The minimum atomic E-state index is -0.204. The van der Waals surface area contributed by atoms with Gasteiger partial charge >= 0.3 is 0 Å². The van der Waals surface area contributed by atoms with Gasteiger partial charge < -0.3 is 9.80 Å². The number of hydrogen-bond acceptors (Lipinski definition) is 4. The van der Waals surface area contributed by atoms with E-state index >= 15 is 0 Å². The summed E-state index contributed by atoms with van der Waals surface area (Å²) < 4.78 is 0. The van der Waals surface area contributed by atoms with Crippen LogP contribution in [0.25, 0.3) is 6.08 Å². The highest BCUT2D eigenvalue weighted by Crippen LogP contribution is 2.14. The van der Waals surface area contributed by atoms with Crippen LogP contribution in [0.1, 0.15) is 22.3 Å². The first-order chi connectivity index (χ1) is 12.9. The van der Waals surface area contributed by atoms with Crippen molar-refractivity contribution in [3.8, 4) is 0 Å². The quantitative estimate of drug-likeness (QED) is 0.305. The summed E-state index contributed by atoms with van der Waals surface area (Å²) in [4.78, 5) is 28.2. The van der Waals surface area contributed by atoms with Crippen LogP contribution in [0.2, 0.25) is 0 Å². The van der Waals surface area contributed by atoms with Crippen LogP contribution in [0, 0.1) is 0 Å². The largest absolute Gasteiger partial charge is 0.378 e. The minimum Gasteiger partial charge on any atom is -0.378 e. The topological polar surface area (TPSA) is 40.6 Å². The lowest BCUT2D eigenvalue weighted by molar-refractivity contribution is -0.113. The third-order valence-electron chi connectivity index (χ3n) is 4.13. The maximum atomic E-state index is 12.2. The Morgan fingerprint density at radius 1 is 0.778 bits per heavy atom.